The molecule has 1 saturated heterocycles. The van der Waals surface area contributed by atoms with Crippen molar-refractivity contribution in [2.24, 2.45) is 0 Å². The van der Waals surface area contributed by atoms with E-state index in [4.69, 9.17) is 0 Å². The van der Waals surface area contributed by atoms with Crippen LogP contribution in [0.25, 0.3) is 0 Å². The van der Waals surface area contributed by atoms with E-state index in [1.54, 1.807) is 0 Å². The Kier molecular flexibility index (Phi) is 4.10. The molecule has 1 unspecified atom stereocenters. The van der Waals surface area contributed by atoms with E-state index in [-0.39, 0.29) is 5.91 Å². The fraction of sp³-hybridized carbons (Fsp3) is 0.688. The van der Waals surface area contributed by atoms with Gasteiger partial charge in [0.1, 0.15) is 5.69 Å². The van der Waals surface area contributed by atoms with E-state index in [1.807, 2.05) is 19.2 Å². The SMILES string of the molecule is CNCC1CCCCN1C(=O)c1cccn1C1CCC1. The first-order chi connectivity index (χ1) is 9.81. The van der Waals surface area contributed by atoms with Crippen molar-refractivity contribution in [1.29, 1.82) is 0 Å². The zero-order valence-corrected chi connectivity index (χ0v) is 12.3. The molecule has 1 aliphatic carbocycles. The minimum Gasteiger partial charge on any atom is -0.340 e. The first-order valence-electron chi connectivity index (χ1n) is 7.93. The van der Waals surface area contributed by atoms with Crippen LogP contribution in [0.5, 0.6) is 0 Å². The molecule has 0 spiro atoms. The second kappa shape index (κ2) is 6.00. The van der Waals surface area contributed by atoms with E-state index in [2.05, 4.69) is 21.0 Å². The molecule has 0 bridgehead atoms. The van der Waals surface area contributed by atoms with Crippen molar-refractivity contribution in [3.8, 4) is 0 Å². The molecule has 110 valence electrons. The van der Waals surface area contributed by atoms with Crippen molar-refractivity contribution in [1.82, 2.24) is 14.8 Å². The van der Waals surface area contributed by atoms with Gasteiger partial charge in [0.25, 0.3) is 5.91 Å². The molecule has 1 atom stereocenters. The summed E-state index contributed by atoms with van der Waals surface area (Å²) in [5.74, 6) is 0.224. The number of nitrogens with one attached hydrogen (secondary N) is 1. The fourth-order valence-electron chi connectivity index (χ4n) is 3.42. The molecule has 1 aromatic rings. The summed E-state index contributed by atoms with van der Waals surface area (Å²) in [7, 11) is 1.97. The van der Waals surface area contributed by atoms with Crippen LogP contribution in [-0.4, -0.2) is 41.6 Å². The minimum atomic E-state index is 0.224. The van der Waals surface area contributed by atoms with Crippen LogP contribution in [0.15, 0.2) is 18.3 Å². The Morgan fingerprint density at radius 1 is 1.30 bits per heavy atom. The van der Waals surface area contributed by atoms with E-state index in [1.165, 1.54) is 25.7 Å². The third kappa shape index (κ3) is 2.49. The molecule has 1 amide bonds. The average Bonchev–Trinajstić information content (AvgIpc) is 2.86. The predicted molar refractivity (Wildman–Crippen MR) is 79.9 cm³/mol. The topological polar surface area (TPSA) is 37.3 Å². The Bertz CT molecular complexity index is 462. The number of aromatic nitrogens is 1. The molecule has 3 rings (SSSR count). The third-order valence-electron chi connectivity index (χ3n) is 4.79. The zero-order chi connectivity index (χ0) is 13.9. The van der Waals surface area contributed by atoms with Gasteiger partial charge in [-0.05, 0) is 57.7 Å². The van der Waals surface area contributed by atoms with E-state index in [0.717, 1.165) is 31.6 Å². The molecule has 1 aliphatic heterocycles. The van der Waals surface area contributed by atoms with Gasteiger partial charge in [-0.15, -0.1) is 0 Å². The van der Waals surface area contributed by atoms with Gasteiger partial charge in [-0.2, -0.15) is 0 Å². The highest BCUT2D eigenvalue weighted by Crippen LogP contribution is 2.33. The lowest BCUT2D eigenvalue weighted by atomic mass is 9.92. The van der Waals surface area contributed by atoms with Gasteiger partial charge in [-0.3, -0.25) is 4.79 Å². The van der Waals surface area contributed by atoms with Crippen LogP contribution in [0.4, 0.5) is 0 Å². The highest BCUT2D eigenvalue weighted by molar-refractivity contribution is 5.93. The summed E-state index contributed by atoms with van der Waals surface area (Å²) in [6.45, 7) is 1.80. The molecule has 1 aromatic heterocycles. The maximum Gasteiger partial charge on any atom is 0.270 e. The zero-order valence-electron chi connectivity index (χ0n) is 12.3. The Morgan fingerprint density at radius 3 is 2.85 bits per heavy atom. The average molecular weight is 275 g/mol. The van der Waals surface area contributed by atoms with Crippen LogP contribution in [0, 0.1) is 0 Å². The van der Waals surface area contributed by atoms with Crippen LogP contribution in [-0.2, 0) is 0 Å². The monoisotopic (exact) mass is 275 g/mol. The van der Waals surface area contributed by atoms with Gasteiger partial charge in [-0.1, -0.05) is 0 Å². The van der Waals surface area contributed by atoms with Crippen LogP contribution >= 0.6 is 0 Å². The normalized spacial score (nSPS) is 23.6. The second-order valence-corrected chi connectivity index (χ2v) is 6.09. The maximum absolute atomic E-state index is 12.9. The number of carbonyl (C=O) groups is 1. The molecule has 1 N–H and O–H groups in total. The fourth-order valence-corrected chi connectivity index (χ4v) is 3.42. The number of nitrogens with zero attached hydrogens (tertiary/aromatic N) is 2. The lowest BCUT2D eigenvalue weighted by Crippen LogP contribution is -2.48. The number of rotatable bonds is 4. The smallest absolute Gasteiger partial charge is 0.270 e. The van der Waals surface area contributed by atoms with E-state index >= 15 is 0 Å². The summed E-state index contributed by atoms with van der Waals surface area (Å²) in [5.41, 5.74) is 0.887. The second-order valence-electron chi connectivity index (χ2n) is 6.09. The highest BCUT2D eigenvalue weighted by Gasteiger charge is 2.30. The largest absolute Gasteiger partial charge is 0.340 e. The van der Waals surface area contributed by atoms with Crippen LogP contribution in [0.3, 0.4) is 0 Å². The molecule has 1 saturated carbocycles. The summed E-state index contributed by atoms with van der Waals surface area (Å²) in [4.78, 5) is 15.0. The molecule has 2 heterocycles. The molecular weight excluding hydrogens is 250 g/mol. The van der Waals surface area contributed by atoms with Gasteiger partial charge < -0.3 is 14.8 Å². The van der Waals surface area contributed by atoms with Gasteiger partial charge in [0.05, 0.1) is 0 Å². The minimum absolute atomic E-state index is 0.224. The summed E-state index contributed by atoms with van der Waals surface area (Å²) in [6, 6.07) is 4.91. The number of carbonyl (C=O) groups excluding carboxylic acids is 1. The Labute approximate surface area is 121 Å². The molecule has 2 aliphatic rings. The number of amides is 1. The van der Waals surface area contributed by atoms with Crippen LogP contribution in [0.2, 0.25) is 0 Å². The van der Waals surface area contributed by atoms with Crippen molar-refractivity contribution >= 4 is 5.91 Å². The van der Waals surface area contributed by atoms with Crippen molar-refractivity contribution < 1.29 is 4.79 Å². The quantitative estimate of drug-likeness (QED) is 0.916. The number of hydrogen-bond donors (Lipinski definition) is 1. The standard InChI is InChI=1S/C16H25N3O/c1-17-12-14-6-2-3-10-19(14)16(20)15-9-5-11-18(15)13-7-4-8-13/h5,9,11,13-14,17H,2-4,6-8,10,12H2,1H3. The predicted octanol–water partition coefficient (Wildman–Crippen LogP) is 2.43. The highest BCUT2D eigenvalue weighted by atomic mass is 16.2. The number of likely N-dealkylation sites (N-methyl/N-ethyl adjacent to an activating group) is 1. The number of likely N-dealkylation sites (tertiary alicyclic amines) is 1. The molecule has 2 fully saturated rings. The third-order valence-corrected chi connectivity index (χ3v) is 4.79. The molecule has 4 nitrogen and oxygen atoms in total. The first kappa shape index (κ1) is 13.7. The van der Waals surface area contributed by atoms with Gasteiger partial charge in [0.15, 0.2) is 0 Å². The van der Waals surface area contributed by atoms with E-state index in [0.29, 0.717) is 12.1 Å². The Balaban J connectivity index is 1.78. The summed E-state index contributed by atoms with van der Waals surface area (Å²) >= 11 is 0. The van der Waals surface area contributed by atoms with Gasteiger partial charge in [-0.25, -0.2) is 0 Å². The van der Waals surface area contributed by atoms with E-state index < -0.39 is 0 Å². The Hall–Kier alpha value is -1.29. The summed E-state index contributed by atoms with van der Waals surface area (Å²) in [5, 5.41) is 3.23. The van der Waals surface area contributed by atoms with Gasteiger partial charge in [0, 0.05) is 31.4 Å². The van der Waals surface area contributed by atoms with Crippen LogP contribution in [0.1, 0.15) is 55.1 Å². The van der Waals surface area contributed by atoms with Crippen molar-refractivity contribution in [3.63, 3.8) is 0 Å². The number of hydrogen-bond acceptors (Lipinski definition) is 2. The summed E-state index contributed by atoms with van der Waals surface area (Å²) in [6.07, 6.45) is 9.30. The van der Waals surface area contributed by atoms with Crippen LogP contribution < -0.4 is 5.32 Å². The lowest BCUT2D eigenvalue weighted by molar-refractivity contribution is 0.0598. The van der Waals surface area contributed by atoms with Crippen molar-refractivity contribution in [2.45, 2.75) is 50.6 Å². The van der Waals surface area contributed by atoms with Crippen molar-refractivity contribution in [3.05, 3.63) is 24.0 Å². The van der Waals surface area contributed by atoms with Gasteiger partial charge >= 0.3 is 0 Å². The maximum atomic E-state index is 12.9. The lowest BCUT2D eigenvalue weighted by Gasteiger charge is -2.37. The molecule has 4 heteroatoms. The molecule has 0 radical (unpaired) electrons. The summed E-state index contributed by atoms with van der Waals surface area (Å²) < 4.78 is 2.21. The van der Waals surface area contributed by atoms with Gasteiger partial charge in [0.2, 0.25) is 0 Å². The Morgan fingerprint density at radius 2 is 2.15 bits per heavy atom. The van der Waals surface area contributed by atoms with E-state index in [9.17, 15) is 4.79 Å². The van der Waals surface area contributed by atoms with Crippen molar-refractivity contribution in [2.75, 3.05) is 20.1 Å². The first-order valence-corrected chi connectivity index (χ1v) is 7.93. The molecular formula is C16H25N3O. The molecule has 20 heavy (non-hydrogen) atoms. The number of piperidine rings is 1. The molecule has 0 aromatic carbocycles.